The van der Waals surface area contributed by atoms with Gasteiger partial charge in [-0.1, -0.05) is 5.16 Å². The molecular formula is C21H23N5O3. The number of likely N-dealkylation sites (tertiary alicyclic amines) is 1. The predicted octanol–water partition coefficient (Wildman–Crippen LogP) is 2.88. The fourth-order valence-electron chi connectivity index (χ4n) is 4.46. The Morgan fingerprint density at radius 1 is 1.31 bits per heavy atom. The van der Waals surface area contributed by atoms with Crippen molar-refractivity contribution >= 4 is 5.91 Å². The lowest BCUT2D eigenvalue weighted by Gasteiger charge is -2.21. The third-order valence-corrected chi connectivity index (χ3v) is 5.97. The van der Waals surface area contributed by atoms with Gasteiger partial charge < -0.3 is 14.2 Å². The number of fused-ring (bicyclic) bond motifs is 1. The van der Waals surface area contributed by atoms with Crippen molar-refractivity contribution in [2.75, 3.05) is 13.1 Å². The highest BCUT2D eigenvalue weighted by atomic mass is 16.5. The van der Waals surface area contributed by atoms with Gasteiger partial charge in [-0.05, 0) is 37.8 Å². The van der Waals surface area contributed by atoms with E-state index < -0.39 is 0 Å². The Balaban J connectivity index is 1.26. The van der Waals surface area contributed by atoms with Gasteiger partial charge in [0.2, 0.25) is 5.76 Å². The summed E-state index contributed by atoms with van der Waals surface area (Å²) in [6.45, 7) is 4.21. The molecule has 4 heterocycles. The van der Waals surface area contributed by atoms with Crippen LogP contribution in [0, 0.1) is 11.8 Å². The minimum atomic E-state index is -0.110. The lowest BCUT2D eigenvalue weighted by atomic mass is 9.99. The van der Waals surface area contributed by atoms with E-state index in [1.165, 1.54) is 0 Å². The average Bonchev–Trinajstić information content (AvgIpc) is 3.52. The van der Waals surface area contributed by atoms with Crippen LogP contribution >= 0.6 is 0 Å². The van der Waals surface area contributed by atoms with Crippen molar-refractivity contribution in [1.82, 2.24) is 24.8 Å². The first kappa shape index (κ1) is 17.9. The number of hydrogen-bond donors (Lipinski definition) is 0. The van der Waals surface area contributed by atoms with Crippen LogP contribution in [-0.4, -0.2) is 49.9 Å². The van der Waals surface area contributed by atoms with Gasteiger partial charge in [-0.3, -0.25) is 14.5 Å². The molecule has 0 radical (unpaired) electrons. The van der Waals surface area contributed by atoms with Crippen molar-refractivity contribution < 1.29 is 14.1 Å². The number of aromatic nitrogens is 4. The van der Waals surface area contributed by atoms with Crippen LogP contribution < -0.4 is 4.74 Å². The van der Waals surface area contributed by atoms with Gasteiger partial charge in [0.05, 0.1) is 12.4 Å². The quantitative estimate of drug-likeness (QED) is 0.663. The third-order valence-electron chi connectivity index (χ3n) is 5.97. The molecule has 5 rings (SSSR count). The Morgan fingerprint density at radius 3 is 3.03 bits per heavy atom. The number of carbonyl (C=O) groups excluding carboxylic acids is 1. The Bertz CT molecular complexity index is 999. The smallest absolute Gasteiger partial charge is 0.292 e. The second kappa shape index (κ2) is 7.35. The highest BCUT2D eigenvalue weighted by Crippen LogP contribution is 2.40. The molecule has 3 aromatic rings. The Labute approximate surface area is 168 Å². The minimum absolute atomic E-state index is 0.110. The largest absolute Gasteiger partial charge is 0.488 e. The summed E-state index contributed by atoms with van der Waals surface area (Å²) in [5.74, 6) is 1.75. The van der Waals surface area contributed by atoms with Crippen LogP contribution in [0.15, 0.2) is 47.5 Å². The van der Waals surface area contributed by atoms with Crippen molar-refractivity contribution in [1.29, 1.82) is 0 Å². The van der Waals surface area contributed by atoms with Gasteiger partial charge in [-0.25, -0.2) is 0 Å². The number of amides is 1. The summed E-state index contributed by atoms with van der Waals surface area (Å²) in [6, 6.07) is 5.50. The van der Waals surface area contributed by atoms with E-state index in [0.29, 0.717) is 24.1 Å². The van der Waals surface area contributed by atoms with Crippen molar-refractivity contribution in [3.63, 3.8) is 0 Å². The van der Waals surface area contributed by atoms with Crippen LogP contribution in [0.25, 0.3) is 11.3 Å². The van der Waals surface area contributed by atoms with Crippen LogP contribution in [0.5, 0.6) is 5.75 Å². The number of aryl methyl sites for hydroxylation is 1. The van der Waals surface area contributed by atoms with Crippen molar-refractivity contribution in [2.24, 2.45) is 11.8 Å². The lowest BCUT2D eigenvalue weighted by Crippen LogP contribution is -2.32. The van der Waals surface area contributed by atoms with E-state index in [2.05, 4.69) is 15.2 Å². The summed E-state index contributed by atoms with van der Waals surface area (Å²) in [7, 11) is 0. The molecule has 2 aliphatic rings. The summed E-state index contributed by atoms with van der Waals surface area (Å²) in [6.07, 6.45) is 9.30. The first-order chi connectivity index (χ1) is 14.2. The Kier molecular flexibility index (Phi) is 4.54. The number of ether oxygens (including phenoxy) is 1. The second-order valence-electron chi connectivity index (χ2n) is 7.72. The molecule has 150 valence electrons. The molecule has 8 heteroatoms. The zero-order chi connectivity index (χ0) is 19.8. The molecule has 1 saturated carbocycles. The number of rotatable bonds is 5. The molecule has 1 amide bonds. The van der Waals surface area contributed by atoms with Crippen molar-refractivity contribution in [3.05, 3.63) is 48.7 Å². The molecule has 1 aliphatic carbocycles. The molecule has 8 nitrogen and oxygen atoms in total. The number of carbonyl (C=O) groups is 1. The summed E-state index contributed by atoms with van der Waals surface area (Å²) in [5.41, 5.74) is 1.48. The van der Waals surface area contributed by atoms with Gasteiger partial charge in [-0.2, -0.15) is 5.10 Å². The zero-order valence-electron chi connectivity index (χ0n) is 16.3. The molecule has 3 aromatic heterocycles. The van der Waals surface area contributed by atoms with Gasteiger partial charge in [0.25, 0.3) is 5.91 Å². The van der Waals surface area contributed by atoms with E-state index in [9.17, 15) is 4.79 Å². The number of nitrogens with zero attached hydrogens (tertiary/aromatic N) is 5. The molecule has 0 unspecified atom stereocenters. The van der Waals surface area contributed by atoms with Gasteiger partial charge in [-0.15, -0.1) is 0 Å². The molecule has 0 bridgehead atoms. The summed E-state index contributed by atoms with van der Waals surface area (Å²) < 4.78 is 13.3. The molecule has 0 N–H and O–H groups in total. The summed E-state index contributed by atoms with van der Waals surface area (Å²) >= 11 is 0. The average molecular weight is 393 g/mol. The maximum absolute atomic E-state index is 13.0. The summed E-state index contributed by atoms with van der Waals surface area (Å²) in [4.78, 5) is 19.0. The highest BCUT2D eigenvalue weighted by molar-refractivity contribution is 5.92. The SMILES string of the molecule is CCn1cc(-c2cc(C(=O)N3C[C@H]4CC[C@H](Oc5cccnc5)[C@H]4C3)on2)cn1. The molecule has 0 spiro atoms. The number of pyridine rings is 1. The van der Waals surface area contributed by atoms with Gasteiger partial charge in [0.1, 0.15) is 17.5 Å². The van der Waals surface area contributed by atoms with E-state index >= 15 is 0 Å². The van der Waals surface area contributed by atoms with Crippen LogP contribution in [0.2, 0.25) is 0 Å². The molecule has 1 aliphatic heterocycles. The van der Waals surface area contributed by atoms with E-state index in [1.807, 2.05) is 34.8 Å². The van der Waals surface area contributed by atoms with E-state index in [4.69, 9.17) is 9.26 Å². The van der Waals surface area contributed by atoms with Crippen molar-refractivity contribution in [3.8, 4) is 17.0 Å². The fraction of sp³-hybridized carbons (Fsp3) is 0.429. The predicted molar refractivity (Wildman–Crippen MR) is 104 cm³/mol. The second-order valence-corrected chi connectivity index (χ2v) is 7.72. The minimum Gasteiger partial charge on any atom is -0.488 e. The Hall–Kier alpha value is -3.16. The maximum atomic E-state index is 13.0. The maximum Gasteiger partial charge on any atom is 0.292 e. The van der Waals surface area contributed by atoms with E-state index in [0.717, 1.165) is 37.2 Å². The normalized spacial score (nSPS) is 23.3. The highest BCUT2D eigenvalue weighted by Gasteiger charge is 2.45. The van der Waals surface area contributed by atoms with Crippen LogP contribution in [0.3, 0.4) is 0 Å². The molecule has 0 aromatic carbocycles. The summed E-state index contributed by atoms with van der Waals surface area (Å²) in [5, 5.41) is 8.31. The molecule has 2 fully saturated rings. The molecule has 29 heavy (non-hydrogen) atoms. The topological polar surface area (TPSA) is 86.3 Å². The van der Waals surface area contributed by atoms with Gasteiger partial charge in [0.15, 0.2) is 0 Å². The van der Waals surface area contributed by atoms with Gasteiger partial charge in [0, 0.05) is 49.6 Å². The molecule has 3 atom stereocenters. The fourth-order valence-corrected chi connectivity index (χ4v) is 4.46. The van der Waals surface area contributed by atoms with E-state index in [-0.39, 0.29) is 17.8 Å². The molecular weight excluding hydrogens is 370 g/mol. The van der Waals surface area contributed by atoms with Gasteiger partial charge >= 0.3 is 0 Å². The standard InChI is InChI=1S/C21H23N5O3/c1-2-26-12-15(9-23-26)18-8-20(29-24-18)21(27)25-11-14-5-6-19(17(14)13-25)28-16-4-3-7-22-10-16/h3-4,7-10,12,14,17,19H,2,5-6,11,13H2,1H3/t14-,17+,19+/m1/s1. The van der Waals surface area contributed by atoms with E-state index in [1.54, 1.807) is 24.7 Å². The van der Waals surface area contributed by atoms with Crippen LogP contribution in [0.4, 0.5) is 0 Å². The van der Waals surface area contributed by atoms with Crippen molar-refractivity contribution in [2.45, 2.75) is 32.4 Å². The Morgan fingerprint density at radius 2 is 2.24 bits per heavy atom. The lowest BCUT2D eigenvalue weighted by molar-refractivity contribution is 0.0721. The monoisotopic (exact) mass is 393 g/mol. The zero-order valence-corrected chi connectivity index (χ0v) is 16.3. The first-order valence-corrected chi connectivity index (χ1v) is 10.1. The van der Waals surface area contributed by atoms with Crippen LogP contribution in [0.1, 0.15) is 30.3 Å². The molecule has 1 saturated heterocycles. The number of hydrogen-bond acceptors (Lipinski definition) is 6. The third kappa shape index (κ3) is 3.39. The van der Waals surface area contributed by atoms with Crippen LogP contribution in [-0.2, 0) is 6.54 Å². The first-order valence-electron chi connectivity index (χ1n) is 10.1.